The number of hydrogen-bond donors (Lipinski definition) is 0. The number of carbonyl (C=O) groups is 1. The molecule has 0 N–H and O–H groups in total. The van der Waals surface area contributed by atoms with Gasteiger partial charge in [-0.2, -0.15) is 0 Å². The molecule has 3 fully saturated rings. The van der Waals surface area contributed by atoms with Crippen LogP contribution in [0.1, 0.15) is 54.9 Å². The van der Waals surface area contributed by atoms with Gasteiger partial charge >= 0.3 is 0 Å². The second kappa shape index (κ2) is 8.11. The van der Waals surface area contributed by atoms with Crippen LogP contribution in [0.3, 0.4) is 0 Å². The Morgan fingerprint density at radius 1 is 1.29 bits per heavy atom. The molecule has 0 saturated carbocycles. The van der Waals surface area contributed by atoms with Crippen LogP contribution in [0.5, 0.6) is 0 Å². The number of nitrogens with zero attached hydrogens (tertiary/aromatic N) is 2. The summed E-state index contributed by atoms with van der Waals surface area (Å²) < 4.78 is 20.0. The Morgan fingerprint density at radius 3 is 2.79 bits per heavy atom. The molecule has 2 atom stereocenters. The molecule has 1 spiro atoms. The zero-order valence-electron chi connectivity index (χ0n) is 17.3. The van der Waals surface area contributed by atoms with Gasteiger partial charge in [0.1, 0.15) is 5.82 Å². The lowest BCUT2D eigenvalue weighted by atomic mass is 9.76. The predicted octanol–water partition coefficient (Wildman–Crippen LogP) is 3.88. The zero-order valence-corrected chi connectivity index (χ0v) is 17.3. The van der Waals surface area contributed by atoms with E-state index < -0.39 is 0 Å². The van der Waals surface area contributed by atoms with Crippen LogP contribution in [0.4, 0.5) is 4.39 Å². The fourth-order valence-electron chi connectivity index (χ4n) is 5.19. The molecule has 0 aliphatic carbocycles. The van der Waals surface area contributed by atoms with E-state index in [9.17, 15) is 9.18 Å². The molecule has 3 heterocycles. The third-order valence-electron chi connectivity index (χ3n) is 7.02. The number of aryl methyl sites for hydroxylation is 1. The van der Waals surface area contributed by atoms with Gasteiger partial charge in [-0.1, -0.05) is 13.0 Å². The molecular formula is C23H33FN2O2. The monoisotopic (exact) mass is 388 g/mol. The number of hydrogen-bond acceptors (Lipinski definition) is 3. The Hall–Kier alpha value is -1.46. The standard InChI is InChI=1S/C23H33FN2O2/c1-17-4-3-9-25(14-17)15-20-13-23(16-28-20)7-10-26(11-8-23)22(27)19-6-5-18(2)21(24)12-19/h5-6,12,17,20H,3-4,7-11,13-16H2,1-2H3. The molecule has 1 amide bonds. The second-order valence-electron chi connectivity index (χ2n) is 9.40. The number of amides is 1. The summed E-state index contributed by atoms with van der Waals surface area (Å²) in [5, 5.41) is 0. The van der Waals surface area contributed by atoms with Crippen LogP contribution in [-0.2, 0) is 4.74 Å². The summed E-state index contributed by atoms with van der Waals surface area (Å²) in [6.45, 7) is 9.82. The molecule has 3 aliphatic heterocycles. The Morgan fingerprint density at radius 2 is 2.07 bits per heavy atom. The first kappa shape index (κ1) is 19.8. The minimum atomic E-state index is -0.307. The van der Waals surface area contributed by atoms with Gasteiger partial charge in [0.2, 0.25) is 0 Å². The van der Waals surface area contributed by atoms with Crippen LogP contribution in [0.25, 0.3) is 0 Å². The molecule has 0 radical (unpaired) electrons. The van der Waals surface area contributed by atoms with E-state index in [2.05, 4.69) is 11.8 Å². The number of benzene rings is 1. The summed E-state index contributed by atoms with van der Waals surface area (Å²) in [7, 11) is 0. The van der Waals surface area contributed by atoms with Crippen LogP contribution in [0, 0.1) is 24.1 Å². The Kier molecular flexibility index (Phi) is 5.75. The third kappa shape index (κ3) is 4.25. The Bertz CT molecular complexity index is 715. The number of rotatable bonds is 3. The summed E-state index contributed by atoms with van der Waals surface area (Å²) in [5.74, 6) is 0.440. The minimum absolute atomic E-state index is 0.0495. The first-order valence-corrected chi connectivity index (χ1v) is 10.8. The van der Waals surface area contributed by atoms with Crippen LogP contribution in [0.15, 0.2) is 18.2 Å². The highest BCUT2D eigenvalue weighted by atomic mass is 19.1. The highest BCUT2D eigenvalue weighted by molar-refractivity contribution is 5.94. The molecule has 4 rings (SSSR count). The Balaban J connectivity index is 1.30. The lowest BCUT2D eigenvalue weighted by molar-refractivity contribution is 0.0402. The summed E-state index contributed by atoms with van der Waals surface area (Å²) in [5.41, 5.74) is 1.26. The van der Waals surface area contributed by atoms with E-state index in [1.807, 2.05) is 4.90 Å². The smallest absolute Gasteiger partial charge is 0.253 e. The molecule has 5 heteroatoms. The number of piperidine rings is 2. The fourth-order valence-corrected chi connectivity index (χ4v) is 5.19. The third-order valence-corrected chi connectivity index (χ3v) is 7.02. The molecule has 28 heavy (non-hydrogen) atoms. The maximum absolute atomic E-state index is 13.8. The van der Waals surface area contributed by atoms with Crippen molar-refractivity contribution in [2.75, 3.05) is 39.3 Å². The van der Waals surface area contributed by atoms with Gasteiger partial charge in [-0.05, 0) is 74.6 Å². The largest absolute Gasteiger partial charge is 0.376 e. The molecule has 1 aromatic carbocycles. The van der Waals surface area contributed by atoms with Gasteiger partial charge in [-0.25, -0.2) is 4.39 Å². The van der Waals surface area contributed by atoms with Crippen molar-refractivity contribution in [2.24, 2.45) is 11.3 Å². The van der Waals surface area contributed by atoms with Gasteiger partial charge in [-0.3, -0.25) is 4.79 Å². The molecule has 3 aliphatic rings. The van der Waals surface area contributed by atoms with Crippen molar-refractivity contribution in [1.29, 1.82) is 0 Å². The van der Waals surface area contributed by atoms with E-state index in [0.29, 0.717) is 17.2 Å². The first-order valence-electron chi connectivity index (χ1n) is 10.8. The van der Waals surface area contributed by atoms with Gasteiger partial charge in [0, 0.05) is 31.7 Å². The Labute approximate surface area is 168 Å². The van der Waals surface area contributed by atoms with Gasteiger partial charge in [0.15, 0.2) is 0 Å². The average Bonchev–Trinajstić information content (AvgIpc) is 3.06. The SMILES string of the molecule is Cc1ccc(C(=O)N2CCC3(CC2)COC(CN2CCCC(C)C2)C3)cc1F. The minimum Gasteiger partial charge on any atom is -0.376 e. The van der Waals surface area contributed by atoms with Gasteiger partial charge in [0.05, 0.1) is 12.7 Å². The molecule has 2 unspecified atom stereocenters. The van der Waals surface area contributed by atoms with Crippen LogP contribution < -0.4 is 0 Å². The lowest BCUT2D eigenvalue weighted by Gasteiger charge is -2.38. The quantitative estimate of drug-likeness (QED) is 0.788. The fraction of sp³-hybridized carbons (Fsp3) is 0.696. The maximum Gasteiger partial charge on any atom is 0.253 e. The number of carbonyl (C=O) groups excluding carboxylic acids is 1. The van der Waals surface area contributed by atoms with Crippen LogP contribution in [0.2, 0.25) is 0 Å². The first-order chi connectivity index (χ1) is 13.4. The maximum atomic E-state index is 13.8. The van der Waals surface area contributed by atoms with Crippen molar-refractivity contribution < 1.29 is 13.9 Å². The highest BCUT2D eigenvalue weighted by Gasteiger charge is 2.43. The highest BCUT2D eigenvalue weighted by Crippen LogP contribution is 2.42. The predicted molar refractivity (Wildman–Crippen MR) is 108 cm³/mol. The normalized spacial score (nSPS) is 28.0. The summed E-state index contributed by atoms with van der Waals surface area (Å²) in [6.07, 6.45) is 6.06. The number of ether oxygens (including phenoxy) is 1. The van der Waals surface area contributed by atoms with Crippen LogP contribution in [-0.4, -0.2) is 61.1 Å². The van der Waals surface area contributed by atoms with E-state index >= 15 is 0 Å². The molecular weight excluding hydrogens is 355 g/mol. The summed E-state index contributed by atoms with van der Waals surface area (Å²) in [6, 6.07) is 4.79. The molecule has 3 saturated heterocycles. The second-order valence-corrected chi connectivity index (χ2v) is 9.40. The van der Waals surface area contributed by atoms with E-state index in [0.717, 1.165) is 51.4 Å². The molecule has 0 bridgehead atoms. The van der Waals surface area contributed by atoms with Gasteiger partial charge in [-0.15, -0.1) is 0 Å². The average molecular weight is 389 g/mol. The van der Waals surface area contributed by atoms with Gasteiger partial charge < -0.3 is 14.5 Å². The van der Waals surface area contributed by atoms with Crippen molar-refractivity contribution >= 4 is 5.91 Å². The number of halogens is 1. The van der Waals surface area contributed by atoms with E-state index in [1.54, 1.807) is 19.1 Å². The van der Waals surface area contributed by atoms with E-state index in [-0.39, 0.29) is 17.1 Å². The van der Waals surface area contributed by atoms with Crippen molar-refractivity contribution in [3.8, 4) is 0 Å². The molecule has 0 aromatic heterocycles. The molecule has 1 aromatic rings. The van der Waals surface area contributed by atoms with Crippen molar-refractivity contribution in [2.45, 2.75) is 52.1 Å². The van der Waals surface area contributed by atoms with Crippen molar-refractivity contribution in [3.63, 3.8) is 0 Å². The number of likely N-dealkylation sites (tertiary alicyclic amines) is 2. The summed E-state index contributed by atoms with van der Waals surface area (Å²) >= 11 is 0. The zero-order chi connectivity index (χ0) is 19.7. The lowest BCUT2D eigenvalue weighted by Crippen LogP contribution is -2.44. The van der Waals surface area contributed by atoms with Crippen molar-refractivity contribution in [3.05, 3.63) is 35.1 Å². The molecule has 154 valence electrons. The topological polar surface area (TPSA) is 32.8 Å². The molecule has 4 nitrogen and oxygen atoms in total. The van der Waals surface area contributed by atoms with Gasteiger partial charge in [0.25, 0.3) is 5.91 Å². The summed E-state index contributed by atoms with van der Waals surface area (Å²) in [4.78, 5) is 17.2. The van der Waals surface area contributed by atoms with Crippen LogP contribution >= 0.6 is 0 Å². The van der Waals surface area contributed by atoms with E-state index in [1.165, 1.54) is 32.0 Å². The van der Waals surface area contributed by atoms with E-state index in [4.69, 9.17) is 4.74 Å². The van der Waals surface area contributed by atoms with Crippen molar-refractivity contribution in [1.82, 2.24) is 9.80 Å².